The Morgan fingerprint density at radius 2 is 1.89 bits per heavy atom. The quantitative estimate of drug-likeness (QED) is 0.558. The van der Waals surface area contributed by atoms with Crippen molar-refractivity contribution in [2.24, 2.45) is 0 Å². The molecule has 4 nitrogen and oxygen atoms in total. The van der Waals surface area contributed by atoms with Crippen LogP contribution in [0.15, 0.2) is 71.3 Å². The van der Waals surface area contributed by atoms with Gasteiger partial charge in [-0.25, -0.2) is 0 Å². The lowest BCUT2D eigenvalue weighted by Gasteiger charge is -2.35. The molecule has 0 saturated heterocycles. The fourth-order valence-electron chi connectivity index (χ4n) is 4.10. The predicted octanol–water partition coefficient (Wildman–Crippen LogP) is 4.86. The first-order valence-corrected chi connectivity index (χ1v) is 9.23. The zero-order valence-electron chi connectivity index (χ0n) is 15.1. The van der Waals surface area contributed by atoms with E-state index in [0.717, 1.165) is 23.2 Å². The third-order valence-corrected chi connectivity index (χ3v) is 5.42. The van der Waals surface area contributed by atoms with Crippen LogP contribution in [0.2, 0.25) is 0 Å². The van der Waals surface area contributed by atoms with E-state index in [2.05, 4.69) is 54.4 Å². The number of nitrogens with zero attached hydrogens (tertiary/aromatic N) is 1. The van der Waals surface area contributed by atoms with Crippen molar-refractivity contribution < 1.29 is 9.21 Å². The van der Waals surface area contributed by atoms with Crippen molar-refractivity contribution in [2.45, 2.75) is 19.4 Å². The van der Waals surface area contributed by atoms with E-state index in [0.29, 0.717) is 12.3 Å². The van der Waals surface area contributed by atoms with Gasteiger partial charge in [-0.2, -0.15) is 0 Å². The van der Waals surface area contributed by atoms with Gasteiger partial charge in [-0.15, -0.1) is 0 Å². The van der Waals surface area contributed by atoms with Crippen molar-refractivity contribution in [3.8, 4) is 0 Å². The Balaban J connectivity index is 1.68. The number of nitrogens with one attached hydrogen (secondary N) is 1. The molecule has 0 saturated carbocycles. The van der Waals surface area contributed by atoms with E-state index >= 15 is 0 Å². The molecular weight excluding hydrogens is 336 g/mol. The van der Waals surface area contributed by atoms with Gasteiger partial charge in [0.15, 0.2) is 5.76 Å². The molecule has 3 heterocycles. The van der Waals surface area contributed by atoms with E-state index in [1.54, 1.807) is 18.4 Å². The number of aromatic nitrogens is 1. The van der Waals surface area contributed by atoms with Gasteiger partial charge in [-0.3, -0.25) is 4.79 Å². The van der Waals surface area contributed by atoms with Crippen molar-refractivity contribution in [3.63, 3.8) is 0 Å². The van der Waals surface area contributed by atoms with Gasteiger partial charge < -0.3 is 14.3 Å². The van der Waals surface area contributed by atoms with Crippen LogP contribution in [0.25, 0.3) is 10.9 Å². The maximum Gasteiger partial charge on any atom is 0.290 e. The molecule has 1 atom stereocenters. The molecule has 1 unspecified atom stereocenters. The van der Waals surface area contributed by atoms with Gasteiger partial charge >= 0.3 is 0 Å². The highest BCUT2D eigenvalue weighted by atomic mass is 16.3. The number of carbonyl (C=O) groups excluding carboxylic acids is 1. The summed E-state index contributed by atoms with van der Waals surface area (Å²) in [4.78, 5) is 18.7. The highest BCUT2D eigenvalue weighted by Crippen LogP contribution is 2.39. The molecule has 1 aliphatic rings. The number of hydrogen-bond donors (Lipinski definition) is 1. The number of fused-ring (bicyclic) bond motifs is 3. The molecule has 27 heavy (non-hydrogen) atoms. The van der Waals surface area contributed by atoms with Gasteiger partial charge in [0.05, 0.1) is 12.3 Å². The van der Waals surface area contributed by atoms with E-state index in [4.69, 9.17) is 4.42 Å². The van der Waals surface area contributed by atoms with Crippen molar-refractivity contribution in [1.29, 1.82) is 0 Å². The first kappa shape index (κ1) is 15.9. The summed E-state index contributed by atoms with van der Waals surface area (Å²) in [5.41, 5.74) is 5.83. The van der Waals surface area contributed by atoms with Gasteiger partial charge in [0, 0.05) is 23.1 Å². The smallest absolute Gasteiger partial charge is 0.290 e. The number of furan rings is 1. The second kappa shape index (κ2) is 6.16. The van der Waals surface area contributed by atoms with Crippen LogP contribution in [-0.4, -0.2) is 22.3 Å². The Kier molecular flexibility index (Phi) is 3.64. The number of benzene rings is 2. The predicted molar refractivity (Wildman–Crippen MR) is 105 cm³/mol. The molecule has 2 aromatic heterocycles. The van der Waals surface area contributed by atoms with E-state index in [1.165, 1.54) is 16.5 Å². The van der Waals surface area contributed by atoms with Crippen LogP contribution in [0.5, 0.6) is 0 Å². The highest BCUT2D eigenvalue weighted by molar-refractivity contribution is 5.93. The van der Waals surface area contributed by atoms with Gasteiger partial charge in [-0.05, 0) is 42.7 Å². The lowest BCUT2D eigenvalue weighted by atomic mass is 9.91. The zero-order valence-corrected chi connectivity index (χ0v) is 15.1. The minimum Gasteiger partial charge on any atom is -0.459 e. The molecule has 0 spiro atoms. The van der Waals surface area contributed by atoms with Crippen LogP contribution in [0, 0.1) is 6.92 Å². The van der Waals surface area contributed by atoms with E-state index < -0.39 is 0 Å². The molecule has 134 valence electrons. The maximum atomic E-state index is 13.2. The van der Waals surface area contributed by atoms with Crippen LogP contribution in [0.3, 0.4) is 0 Å². The molecule has 2 aromatic carbocycles. The fourth-order valence-corrected chi connectivity index (χ4v) is 4.10. The van der Waals surface area contributed by atoms with Crippen molar-refractivity contribution in [3.05, 3.63) is 95.1 Å². The molecule has 4 heteroatoms. The van der Waals surface area contributed by atoms with E-state index in [-0.39, 0.29) is 11.9 Å². The number of amides is 1. The first-order valence-electron chi connectivity index (χ1n) is 9.23. The number of para-hydroxylation sites is 1. The van der Waals surface area contributed by atoms with Crippen molar-refractivity contribution in [1.82, 2.24) is 9.88 Å². The fraction of sp³-hybridized carbons (Fsp3) is 0.174. The molecule has 1 aliphatic heterocycles. The van der Waals surface area contributed by atoms with Crippen LogP contribution < -0.4 is 0 Å². The summed E-state index contributed by atoms with van der Waals surface area (Å²) in [5.74, 6) is 0.307. The Morgan fingerprint density at radius 1 is 1.07 bits per heavy atom. The summed E-state index contributed by atoms with van der Waals surface area (Å²) in [6, 6.07) is 20.1. The zero-order chi connectivity index (χ0) is 18.4. The summed E-state index contributed by atoms with van der Waals surface area (Å²) in [7, 11) is 0. The van der Waals surface area contributed by atoms with Crippen LogP contribution in [-0.2, 0) is 6.42 Å². The first-order chi connectivity index (χ1) is 13.2. The average Bonchev–Trinajstić information content (AvgIpc) is 3.35. The lowest BCUT2D eigenvalue weighted by molar-refractivity contribution is 0.0659. The van der Waals surface area contributed by atoms with E-state index in [9.17, 15) is 4.79 Å². The Bertz CT molecular complexity index is 1110. The molecule has 0 aliphatic carbocycles. The number of carbonyl (C=O) groups is 1. The van der Waals surface area contributed by atoms with Crippen molar-refractivity contribution >= 4 is 16.8 Å². The Labute approximate surface area is 157 Å². The van der Waals surface area contributed by atoms with Gasteiger partial charge in [0.1, 0.15) is 0 Å². The second-order valence-corrected chi connectivity index (χ2v) is 7.10. The van der Waals surface area contributed by atoms with Crippen LogP contribution in [0.4, 0.5) is 0 Å². The Morgan fingerprint density at radius 3 is 2.67 bits per heavy atom. The standard InChI is InChI=1S/C23H20N2O2/c1-15-8-10-16(11-9-15)22-21-18(17-5-2-3-6-19(17)24-21)12-13-25(22)23(26)20-7-4-14-27-20/h2-11,14,22,24H,12-13H2,1H3. The van der Waals surface area contributed by atoms with Crippen molar-refractivity contribution in [2.75, 3.05) is 6.54 Å². The number of rotatable bonds is 2. The number of aromatic amines is 1. The molecule has 1 N–H and O–H groups in total. The normalized spacial score (nSPS) is 16.5. The molecule has 5 rings (SSSR count). The SMILES string of the molecule is Cc1ccc(C2c3[nH]c4ccccc4c3CCN2C(=O)c2ccco2)cc1. The minimum atomic E-state index is -0.153. The van der Waals surface area contributed by atoms with Gasteiger partial charge in [0.2, 0.25) is 0 Å². The monoisotopic (exact) mass is 356 g/mol. The minimum absolute atomic E-state index is 0.0742. The molecule has 0 radical (unpaired) electrons. The highest BCUT2D eigenvalue weighted by Gasteiger charge is 2.35. The van der Waals surface area contributed by atoms with Crippen LogP contribution in [0.1, 0.15) is 39.0 Å². The average molecular weight is 356 g/mol. The number of hydrogen-bond acceptors (Lipinski definition) is 2. The summed E-state index contributed by atoms with van der Waals surface area (Å²) in [5, 5.41) is 1.25. The summed E-state index contributed by atoms with van der Waals surface area (Å²) in [6.45, 7) is 2.73. The molecule has 4 aromatic rings. The molecular formula is C23H20N2O2. The molecule has 0 fully saturated rings. The summed E-state index contributed by atoms with van der Waals surface area (Å²) >= 11 is 0. The molecule has 0 bridgehead atoms. The van der Waals surface area contributed by atoms with Gasteiger partial charge in [0.25, 0.3) is 5.91 Å². The summed E-state index contributed by atoms with van der Waals surface area (Å²) < 4.78 is 5.40. The topological polar surface area (TPSA) is 49.2 Å². The van der Waals surface area contributed by atoms with Gasteiger partial charge in [-0.1, -0.05) is 48.0 Å². The molecule has 1 amide bonds. The number of H-pyrrole nitrogens is 1. The summed E-state index contributed by atoms with van der Waals surface area (Å²) in [6.07, 6.45) is 2.38. The van der Waals surface area contributed by atoms with Crippen LogP contribution >= 0.6 is 0 Å². The third kappa shape index (κ3) is 2.56. The third-order valence-electron chi connectivity index (χ3n) is 5.42. The lowest BCUT2D eigenvalue weighted by Crippen LogP contribution is -2.40. The Hall–Kier alpha value is -3.27. The van der Waals surface area contributed by atoms with E-state index in [1.807, 2.05) is 11.0 Å². The number of aryl methyl sites for hydroxylation is 1. The second-order valence-electron chi connectivity index (χ2n) is 7.10. The largest absolute Gasteiger partial charge is 0.459 e. The maximum absolute atomic E-state index is 13.2.